The van der Waals surface area contributed by atoms with Crippen LogP contribution in [0.2, 0.25) is 0 Å². The van der Waals surface area contributed by atoms with Gasteiger partial charge in [0.25, 0.3) is 0 Å². The van der Waals surface area contributed by atoms with Crippen molar-refractivity contribution in [3.8, 4) is 11.3 Å². The Labute approximate surface area is 158 Å². The lowest BCUT2D eigenvalue weighted by Crippen LogP contribution is -2.24. The minimum Gasteiger partial charge on any atom is -0.350 e. The van der Waals surface area contributed by atoms with Gasteiger partial charge in [-0.05, 0) is 25.3 Å². The highest BCUT2D eigenvalue weighted by Crippen LogP contribution is 2.28. The van der Waals surface area contributed by atoms with Crippen molar-refractivity contribution in [1.29, 1.82) is 0 Å². The van der Waals surface area contributed by atoms with Crippen LogP contribution in [-0.4, -0.2) is 16.8 Å². The third kappa shape index (κ3) is 4.69. The van der Waals surface area contributed by atoms with E-state index in [9.17, 15) is 9.59 Å². The summed E-state index contributed by atoms with van der Waals surface area (Å²) < 4.78 is 0. The van der Waals surface area contributed by atoms with Crippen LogP contribution in [-0.2, 0) is 9.59 Å². The first-order chi connectivity index (χ1) is 12.5. The van der Waals surface area contributed by atoms with Gasteiger partial charge in [0.2, 0.25) is 11.8 Å². The van der Waals surface area contributed by atoms with E-state index in [4.69, 9.17) is 0 Å². The number of rotatable bonds is 5. The standard InChI is InChI=1S/C20H25N3O2S/c1-13(21-14(2)24)15-8-10-16(11-9-15)18-12-26-20(22-18)23-19(25)17-6-4-3-5-7-17/h8-13,17H,3-7H2,1-2H3,(H,21,24)(H,22,23,25). The van der Waals surface area contributed by atoms with Gasteiger partial charge in [-0.15, -0.1) is 11.3 Å². The first-order valence-corrected chi connectivity index (χ1v) is 10.0. The first kappa shape index (κ1) is 18.6. The van der Waals surface area contributed by atoms with E-state index in [1.807, 2.05) is 36.6 Å². The molecule has 1 saturated carbocycles. The molecule has 1 aromatic heterocycles. The fourth-order valence-corrected chi connectivity index (χ4v) is 4.09. The van der Waals surface area contributed by atoms with Crippen molar-refractivity contribution in [2.24, 2.45) is 5.92 Å². The van der Waals surface area contributed by atoms with E-state index in [1.54, 1.807) is 0 Å². The average Bonchev–Trinajstić information content (AvgIpc) is 3.10. The summed E-state index contributed by atoms with van der Waals surface area (Å²) in [6, 6.07) is 7.96. The van der Waals surface area contributed by atoms with Gasteiger partial charge in [-0.1, -0.05) is 43.5 Å². The van der Waals surface area contributed by atoms with Gasteiger partial charge in [0.05, 0.1) is 11.7 Å². The molecule has 1 aliphatic rings. The van der Waals surface area contributed by atoms with Crippen molar-refractivity contribution in [3.05, 3.63) is 35.2 Å². The highest BCUT2D eigenvalue weighted by molar-refractivity contribution is 7.14. The maximum absolute atomic E-state index is 12.3. The van der Waals surface area contributed by atoms with Crippen molar-refractivity contribution in [1.82, 2.24) is 10.3 Å². The van der Waals surface area contributed by atoms with Crippen LogP contribution in [0.5, 0.6) is 0 Å². The molecule has 0 radical (unpaired) electrons. The zero-order valence-corrected chi connectivity index (χ0v) is 16.1. The fraction of sp³-hybridized carbons (Fsp3) is 0.450. The molecule has 1 heterocycles. The number of benzene rings is 1. The van der Waals surface area contributed by atoms with E-state index in [2.05, 4.69) is 15.6 Å². The van der Waals surface area contributed by atoms with Crippen LogP contribution in [0.3, 0.4) is 0 Å². The monoisotopic (exact) mass is 371 g/mol. The molecule has 0 aliphatic heterocycles. The molecule has 1 aliphatic carbocycles. The van der Waals surface area contributed by atoms with Crippen LogP contribution in [0.4, 0.5) is 5.13 Å². The highest BCUT2D eigenvalue weighted by atomic mass is 32.1. The summed E-state index contributed by atoms with van der Waals surface area (Å²) in [5, 5.41) is 8.47. The SMILES string of the molecule is CC(=O)NC(C)c1ccc(-c2csc(NC(=O)C3CCCCC3)n2)cc1. The summed E-state index contributed by atoms with van der Waals surface area (Å²) in [6.07, 6.45) is 5.49. The molecule has 1 fully saturated rings. The smallest absolute Gasteiger partial charge is 0.229 e. The molecule has 1 atom stereocenters. The Kier molecular flexibility index (Phi) is 6.04. The summed E-state index contributed by atoms with van der Waals surface area (Å²) in [5.41, 5.74) is 2.90. The predicted octanol–water partition coefficient (Wildman–Crippen LogP) is 4.53. The predicted molar refractivity (Wildman–Crippen MR) is 105 cm³/mol. The number of hydrogen-bond acceptors (Lipinski definition) is 4. The van der Waals surface area contributed by atoms with Crippen molar-refractivity contribution in [2.45, 2.75) is 52.0 Å². The van der Waals surface area contributed by atoms with Gasteiger partial charge in [0.15, 0.2) is 5.13 Å². The van der Waals surface area contributed by atoms with Crippen LogP contribution in [0.1, 0.15) is 57.6 Å². The Hall–Kier alpha value is -2.21. The van der Waals surface area contributed by atoms with Crippen LogP contribution in [0.25, 0.3) is 11.3 Å². The molecule has 0 bridgehead atoms. The summed E-state index contributed by atoms with van der Waals surface area (Å²) >= 11 is 1.46. The van der Waals surface area contributed by atoms with E-state index < -0.39 is 0 Å². The minimum absolute atomic E-state index is 0.0256. The zero-order chi connectivity index (χ0) is 18.5. The molecule has 0 spiro atoms. The number of amides is 2. The van der Waals surface area contributed by atoms with Crippen LogP contribution in [0.15, 0.2) is 29.6 Å². The molecule has 3 rings (SSSR count). The van der Waals surface area contributed by atoms with Crippen molar-refractivity contribution in [3.63, 3.8) is 0 Å². The van der Waals surface area contributed by atoms with Crippen LogP contribution < -0.4 is 10.6 Å². The normalized spacial score (nSPS) is 16.1. The van der Waals surface area contributed by atoms with E-state index in [0.29, 0.717) is 5.13 Å². The van der Waals surface area contributed by atoms with Gasteiger partial charge in [0, 0.05) is 23.8 Å². The van der Waals surface area contributed by atoms with Gasteiger partial charge >= 0.3 is 0 Å². The number of hydrogen-bond donors (Lipinski definition) is 2. The van der Waals surface area contributed by atoms with Gasteiger partial charge in [-0.3, -0.25) is 9.59 Å². The van der Waals surface area contributed by atoms with Crippen molar-refractivity contribution >= 4 is 28.3 Å². The number of nitrogens with zero attached hydrogens (tertiary/aromatic N) is 1. The van der Waals surface area contributed by atoms with E-state index >= 15 is 0 Å². The van der Waals surface area contributed by atoms with Crippen molar-refractivity contribution < 1.29 is 9.59 Å². The lowest BCUT2D eigenvalue weighted by molar-refractivity contribution is -0.121. The molecule has 138 valence electrons. The molecule has 2 aromatic rings. The second kappa shape index (κ2) is 8.45. The summed E-state index contributed by atoms with van der Waals surface area (Å²) in [6.45, 7) is 3.47. The quantitative estimate of drug-likeness (QED) is 0.811. The maximum Gasteiger partial charge on any atom is 0.229 e. The summed E-state index contributed by atoms with van der Waals surface area (Å²) in [5.74, 6) is 0.190. The Balaban J connectivity index is 1.63. The average molecular weight is 372 g/mol. The zero-order valence-electron chi connectivity index (χ0n) is 15.2. The Morgan fingerprint density at radius 1 is 1.15 bits per heavy atom. The molecule has 1 aromatic carbocycles. The van der Waals surface area contributed by atoms with Gasteiger partial charge in [-0.2, -0.15) is 0 Å². The lowest BCUT2D eigenvalue weighted by atomic mass is 9.89. The number of nitrogens with one attached hydrogen (secondary N) is 2. The van der Waals surface area contributed by atoms with E-state index in [-0.39, 0.29) is 23.8 Å². The summed E-state index contributed by atoms with van der Waals surface area (Å²) in [4.78, 5) is 28.1. The number of carbonyl (C=O) groups is 2. The fourth-order valence-electron chi connectivity index (χ4n) is 3.37. The number of anilines is 1. The minimum atomic E-state index is -0.0422. The summed E-state index contributed by atoms with van der Waals surface area (Å²) in [7, 11) is 0. The molecule has 0 saturated heterocycles. The molecule has 2 amide bonds. The maximum atomic E-state index is 12.3. The van der Waals surface area contributed by atoms with Gasteiger partial charge in [-0.25, -0.2) is 4.98 Å². The molecule has 6 heteroatoms. The highest BCUT2D eigenvalue weighted by Gasteiger charge is 2.22. The molecule has 1 unspecified atom stereocenters. The Bertz CT molecular complexity index is 764. The molecular weight excluding hydrogens is 346 g/mol. The lowest BCUT2D eigenvalue weighted by Gasteiger charge is -2.19. The van der Waals surface area contributed by atoms with E-state index in [1.165, 1.54) is 24.7 Å². The molecule has 26 heavy (non-hydrogen) atoms. The Morgan fingerprint density at radius 3 is 2.50 bits per heavy atom. The van der Waals surface area contributed by atoms with Gasteiger partial charge in [0.1, 0.15) is 0 Å². The number of aromatic nitrogens is 1. The molecular formula is C20H25N3O2S. The Morgan fingerprint density at radius 2 is 1.85 bits per heavy atom. The van der Waals surface area contributed by atoms with E-state index in [0.717, 1.165) is 42.5 Å². The third-order valence-corrected chi connectivity index (χ3v) is 5.59. The largest absolute Gasteiger partial charge is 0.350 e. The number of thiazole rings is 1. The second-order valence-corrected chi connectivity index (χ2v) is 7.76. The molecule has 2 N–H and O–H groups in total. The second-order valence-electron chi connectivity index (χ2n) is 6.91. The van der Waals surface area contributed by atoms with Crippen LogP contribution >= 0.6 is 11.3 Å². The first-order valence-electron chi connectivity index (χ1n) is 9.17. The topological polar surface area (TPSA) is 71.1 Å². The number of carbonyl (C=O) groups excluding carboxylic acids is 2. The van der Waals surface area contributed by atoms with Gasteiger partial charge < -0.3 is 10.6 Å². The van der Waals surface area contributed by atoms with Crippen molar-refractivity contribution in [2.75, 3.05) is 5.32 Å². The molecule has 5 nitrogen and oxygen atoms in total. The van der Waals surface area contributed by atoms with Crippen LogP contribution in [0, 0.1) is 5.92 Å². The third-order valence-electron chi connectivity index (χ3n) is 4.84.